The molecule has 2 N–H and O–H groups in total. The molecule has 4 nitrogen and oxygen atoms in total. The first kappa shape index (κ1) is 14.5. The minimum Gasteiger partial charge on any atom is -0.358 e. The van der Waals surface area contributed by atoms with Crippen LogP contribution in [0.2, 0.25) is 0 Å². The maximum atomic E-state index is 5.32. The van der Waals surface area contributed by atoms with Crippen molar-refractivity contribution >= 4 is 23.0 Å². The number of hydrogen-bond acceptors (Lipinski definition) is 2. The summed E-state index contributed by atoms with van der Waals surface area (Å²) in [5, 5.41) is 11.4. The number of benzene rings is 1. The van der Waals surface area contributed by atoms with Gasteiger partial charge in [-0.1, -0.05) is 12.1 Å². The Morgan fingerprint density at radius 3 is 2.65 bits per heavy atom. The van der Waals surface area contributed by atoms with E-state index in [0.29, 0.717) is 11.7 Å². The van der Waals surface area contributed by atoms with E-state index in [1.165, 1.54) is 11.1 Å². The van der Waals surface area contributed by atoms with Gasteiger partial charge in [-0.3, -0.25) is 4.68 Å². The first-order valence-electron chi connectivity index (χ1n) is 6.58. The molecule has 0 radical (unpaired) electrons. The summed E-state index contributed by atoms with van der Waals surface area (Å²) < 4.78 is 1.89. The summed E-state index contributed by atoms with van der Waals surface area (Å²) in [5.41, 5.74) is 5.60. The topological polar surface area (TPSA) is 41.9 Å². The van der Waals surface area contributed by atoms with E-state index in [1.807, 2.05) is 30.8 Å². The highest BCUT2D eigenvalue weighted by atomic mass is 32.1. The van der Waals surface area contributed by atoms with Crippen LogP contribution in [0.4, 0.5) is 5.69 Å². The highest BCUT2D eigenvalue weighted by Crippen LogP contribution is 2.12. The number of rotatable bonds is 3. The SMILES string of the molecule is Cc1cccc(NC(=S)NCc2c(C)nn(C)c2C)c1. The maximum Gasteiger partial charge on any atom is 0.171 e. The van der Waals surface area contributed by atoms with Gasteiger partial charge >= 0.3 is 0 Å². The third-order valence-corrected chi connectivity index (χ3v) is 3.61. The normalized spacial score (nSPS) is 10.4. The fraction of sp³-hybridized carbons (Fsp3) is 0.333. The van der Waals surface area contributed by atoms with E-state index in [4.69, 9.17) is 12.2 Å². The molecular formula is C15H20N4S. The predicted octanol–water partition coefficient (Wildman–Crippen LogP) is 2.83. The van der Waals surface area contributed by atoms with E-state index >= 15 is 0 Å². The van der Waals surface area contributed by atoms with Gasteiger partial charge < -0.3 is 10.6 Å². The van der Waals surface area contributed by atoms with Crippen molar-refractivity contribution in [1.29, 1.82) is 0 Å². The molecular weight excluding hydrogens is 268 g/mol. The lowest BCUT2D eigenvalue weighted by Gasteiger charge is -2.11. The van der Waals surface area contributed by atoms with Gasteiger partial charge in [-0.05, 0) is 50.7 Å². The molecule has 5 heteroatoms. The standard InChI is InChI=1S/C15H20N4S/c1-10-6-5-7-13(8-10)17-15(20)16-9-14-11(2)18-19(4)12(14)3/h5-8H,9H2,1-4H3,(H2,16,17,20). The lowest BCUT2D eigenvalue weighted by molar-refractivity contribution is 0.729. The average Bonchev–Trinajstić information content (AvgIpc) is 2.61. The third-order valence-electron chi connectivity index (χ3n) is 3.36. The van der Waals surface area contributed by atoms with Crippen molar-refractivity contribution in [2.75, 3.05) is 5.32 Å². The molecule has 1 aromatic carbocycles. The molecule has 0 saturated carbocycles. The van der Waals surface area contributed by atoms with Crippen molar-refractivity contribution < 1.29 is 0 Å². The van der Waals surface area contributed by atoms with Gasteiger partial charge in [-0.15, -0.1) is 0 Å². The maximum absolute atomic E-state index is 5.32. The van der Waals surface area contributed by atoms with Crippen LogP contribution in [0.15, 0.2) is 24.3 Å². The molecule has 0 unspecified atom stereocenters. The van der Waals surface area contributed by atoms with Gasteiger partial charge in [-0.2, -0.15) is 5.10 Å². The monoisotopic (exact) mass is 288 g/mol. The summed E-state index contributed by atoms with van der Waals surface area (Å²) >= 11 is 5.32. The van der Waals surface area contributed by atoms with Gasteiger partial charge in [0, 0.05) is 30.5 Å². The zero-order valence-corrected chi connectivity index (χ0v) is 13.1. The Morgan fingerprint density at radius 2 is 2.05 bits per heavy atom. The van der Waals surface area contributed by atoms with Crippen molar-refractivity contribution in [3.63, 3.8) is 0 Å². The largest absolute Gasteiger partial charge is 0.358 e. The molecule has 0 saturated heterocycles. The molecule has 106 valence electrons. The van der Waals surface area contributed by atoms with Crippen LogP contribution in [0.25, 0.3) is 0 Å². The molecule has 0 fully saturated rings. The quantitative estimate of drug-likeness (QED) is 0.852. The third kappa shape index (κ3) is 3.36. The van der Waals surface area contributed by atoms with Crippen LogP contribution in [0.3, 0.4) is 0 Å². The molecule has 0 aliphatic rings. The minimum absolute atomic E-state index is 0.623. The summed E-state index contributed by atoms with van der Waals surface area (Å²) in [6.07, 6.45) is 0. The van der Waals surface area contributed by atoms with E-state index in [9.17, 15) is 0 Å². The second-order valence-corrected chi connectivity index (χ2v) is 5.36. The number of thiocarbonyl (C=S) groups is 1. The van der Waals surface area contributed by atoms with Crippen LogP contribution in [-0.4, -0.2) is 14.9 Å². The average molecular weight is 288 g/mol. The van der Waals surface area contributed by atoms with Crippen molar-refractivity contribution in [2.24, 2.45) is 7.05 Å². The van der Waals surface area contributed by atoms with E-state index in [-0.39, 0.29) is 0 Å². The van der Waals surface area contributed by atoms with Crippen LogP contribution in [0.1, 0.15) is 22.5 Å². The smallest absolute Gasteiger partial charge is 0.171 e. The molecule has 1 heterocycles. The molecule has 1 aromatic heterocycles. The van der Waals surface area contributed by atoms with Crippen molar-refractivity contribution in [1.82, 2.24) is 15.1 Å². The molecule has 0 aliphatic carbocycles. The zero-order chi connectivity index (χ0) is 14.7. The number of aryl methyl sites for hydroxylation is 3. The van der Waals surface area contributed by atoms with Gasteiger partial charge in [0.2, 0.25) is 0 Å². The number of aromatic nitrogens is 2. The van der Waals surface area contributed by atoms with E-state index in [2.05, 4.69) is 41.7 Å². The Morgan fingerprint density at radius 1 is 1.30 bits per heavy atom. The Hall–Kier alpha value is -1.88. The number of nitrogens with zero attached hydrogens (tertiary/aromatic N) is 2. The van der Waals surface area contributed by atoms with E-state index in [0.717, 1.165) is 17.1 Å². The van der Waals surface area contributed by atoms with Gasteiger partial charge in [0.1, 0.15) is 0 Å². The van der Waals surface area contributed by atoms with Crippen LogP contribution in [0.5, 0.6) is 0 Å². The first-order valence-corrected chi connectivity index (χ1v) is 6.99. The second kappa shape index (κ2) is 6.05. The summed E-state index contributed by atoms with van der Waals surface area (Å²) in [5.74, 6) is 0. The van der Waals surface area contributed by atoms with Crippen molar-refractivity contribution in [2.45, 2.75) is 27.3 Å². The van der Waals surface area contributed by atoms with E-state index < -0.39 is 0 Å². The Labute approximate surface area is 125 Å². The van der Waals surface area contributed by atoms with Gasteiger partial charge in [-0.25, -0.2) is 0 Å². The van der Waals surface area contributed by atoms with Gasteiger partial charge in [0.25, 0.3) is 0 Å². The first-order chi connectivity index (χ1) is 9.47. The Bertz CT molecular complexity index is 631. The zero-order valence-electron chi connectivity index (χ0n) is 12.3. The fourth-order valence-corrected chi connectivity index (χ4v) is 2.33. The molecule has 0 bridgehead atoms. The van der Waals surface area contributed by atoms with Gasteiger partial charge in [0.15, 0.2) is 5.11 Å². The van der Waals surface area contributed by atoms with Crippen molar-refractivity contribution in [3.05, 3.63) is 46.8 Å². The molecule has 0 atom stereocenters. The van der Waals surface area contributed by atoms with Crippen LogP contribution < -0.4 is 10.6 Å². The molecule has 20 heavy (non-hydrogen) atoms. The highest BCUT2D eigenvalue weighted by molar-refractivity contribution is 7.80. The number of hydrogen-bond donors (Lipinski definition) is 2. The molecule has 2 rings (SSSR count). The van der Waals surface area contributed by atoms with Crippen LogP contribution in [0, 0.1) is 20.8 Å². The molecule has 0 amide bonds. The lowest BCUT2D eigenvalue weighted by Crippen LogP contribution is -2.28. The fourth-order valence-electron chi connectivity index (χ4n) is 2.14. The second-order valence-electron chi connectivity index (χ2n) is 4.95. The van der Waals surface area contributed by atoms with Crippen LogP contribution >= 0.6 is 12.2 Å². The Balaban J connectivity index is 1.96. The molecule has 0 aliphatic heterocycles. The lowest BCUT2D eigenvalue weighted by atomic mass is 10.2. The summed E-state index contributed by atoms with van der Waals surface area (Å²) in [6.45, 7) is 6.82. The summed E-state index contributed by atoms with van der Waals surface area (Å²) in [7, 11) is 1.95. The number of anilines is 1. The summed E-state index contributed by atoms with van der Waals surface area (Å²) in [6, 6.07) is 8.13. The number of nitrogens with one attached hydrogen (secondary N) is 2. The molecule has 2 aromatic rings. The summed E-state index contributed by atoms with van der Waals surface area (Å²) in [4.78, 5) is 0. The predicted molar refractivity (Wildman–Crippen MR) is 86.9 cm³/mol. The highest BCUT2D eigenvalue weighted by Gasteiger charge is 2.09. The van der Waals surface area contributed by atoms with Crippen LogP contribution in [-0.2, 0) is 13.6 Å². The van der Waals surface area contributed by atoms with Crippen molar-refractivity contribution in [3.8, 4) is 0 Å². The Kier molecular flexibility index (Phi) is 4.39. The van der Waals surface area contributed by atoms with Gasteiger partial charge in [0.05, 0.1) is 5.69 Å². The van der Waals surface area contributed by atoms with E-state index in [1.54, 1.807) is 0 Å². The minimum atomic E-state index is 0.623. The molecule has 0 spiro atoms.